The van der Waals surface area contributed by atoms with Crippen LogP contribution >= 0.6 is 0 Å². The van der Waals surface area contributed by atoms with Gasteiger partial charge in [0.15, 0.2) is 0 Å². The molecule has 8 nitrogen and oxygen atoms in total. The number of hydrogen-bond acceptors (Lipinski definition) is 4. The highest BCUT2D eigenvalue weighted by atomic mass is 16.4. The van der Waals surface area contributed by atoms with Crippen molar-refractivity contribution in [3.8, 4) is 0 Å². The van der Waals surface area contributed by atoms with Gasteiger partial charge < -0.3 is 19.5 Å². The van der Waals surface area contributed by atoms with Crippen LogP contribution in [0.25, 0.3) is 0 Å². The number of carboxylic acid groups (broad SMARTS) is 1. The third-order valence-corrected chi connectivity index (χ3v) is 7.06. The van der Waals surface area contributed by atoms with E-state index in [2.05, 4.69) is 9.55 Å². The fourth-order valence-electron chi connectivity index (χ4n) is 5.29. The number of carboxylic acids is 1. The highest BCUT2D eigenvalue weighted by molar-refractivity contribution is 5.97. The van der Waals surface area contributed by atoms with E-state index in [-0.39, 0.29) is 29.3 Å². The van der Waals surface area contributed by atoms with Crippen LogP contribution in [0.15, 0.2) is 67.0 Å². The van der Waals surface area contributed by atoms with Crippen molar-refractivity contribution < 1.29 is 19.5 Å². The first kappa shape index (κ1) is 22.8. The average molecular weight is 473 g/mol. The molecule has 3 aromatic rings. The number of hydrogen-bond donors (Lipinski definition) is 1. The van der Waals surface area contributed by atoms with E-state index in [0.29, 0.717) is 30.8 Å². The second kappa shape index (κ2) is 9.74. The summed E-state index contributed by atoms with van der Waals surface area (Å²) in [6.07, 6.45) is 6.03. The number of likely N-dealkylation sites (tertiary alicyclic amines) is 1. The number of rotatable bonds is 4. The van der Waals surface area contributed by atoms with Gasteiger partial charge in [-0.15, -0.1) is 0 Å². The molecule has 1 saturated heterocycles. The Bertz CT molecular complexity index is 1230. The third kappa shape index (κ3) is 4.56. The molecule has 0 saturated carbocycles. The van der Waals surface area contributed by atoms with E-state index in [1.54, 1.807) is 18.3 Å². The normalized spacial score (nSPS) is 18.6. The second-order valence-corrected chi connectivity index (χ2v) is 9.16. The fraction of sp³-hybridized carbons (Fsp3) is 0.333. The number of aromatic nitrogens is 2. The van der Waals surface area contributed by atoms with E-state index in [1.807, 2.05) is 46.3 Å². The van der Waals surface area contributed by atoms with Gasteiger partial charge in [0.05, 0.1) is 11.6 Å². The Morgan fingerprint density at radius 1 is 0.829 bits per heavy atom. The summed E-state index contributed by atoms with van der Waals surface area (Å²) in [4.78, 5) is 46.5. The van der Waals surface area contributed by atoms with Crippen molar-refractivity contribution in [1.29, 1.82) is 0 Å². The molecule has 2 aliphatic rings. The minimum Gasteiger partial charge on any atom is -0.478 e. The Labute approximate surface area is 203 Å². The Morgan fingerprint density at radius 3 is 2.29 bits per heavy atom. The summed E-state index contributed by atoms with van der Waals surface area (Å²) >= 11 is 0. The molecular formula is C27H28N4O4. The van der Waals surface area contributed by atoms with E-state index in [0.717, 1.165) is 31.6 Å². The van der Waals surface area contributed by atoms with Crippen LogP contribution < -0.4 is 0 Å². The quantitative estimate of drug-likeness (QED) is 0.624. The fourth-order valence-corrected chi connectivity index (χ4v) is 5.29. The molecular weight excluding hydrogens is 444 g/mol. The smallest absolute Gasteiger partial charge is 0.335 e. The lowest BCUT2D eigenvalue weighted by atomic mass is 9.87. The number of aryl methyl sites for hydroxylation is 1. The topological polar surface area (TPSA) is 95.7 Å². The predicted octanol–water partition coefficient (Wildman–Crippen LogP) is 3.72. The molecule has 1 N–H and O–H groups in total. The highest BCUT2D eigenvalue weighted by Crippen LogP contribution is 2.37. The highest BCUT2D eigenvalue weighted by Gasteiger charge is 2.39. The van der Waals surface area contributed by atoms with Gasteiger partial charge >= 0.3 is 5.97 Å². The van der Waals surface area contributed by atoms with Crippen molar-refractivity contribution in [2.24, 2.45) is 5.92 Å². The Balaban J connectivity index is 1.40. The maximum Gasteiger partial charge on any atom is 0.335 e. The Kier molecular flexibility index (Phi) is 6.35. The third-order valence-electron chi connectivity index (χ3n) is 7.06. The first-order chi connectivity index (χ1) is 17.0. The van der Waals surface area contributed by atoms with Crippen molar-refractivity contribution in [3.63, 3.8) is 0 Å². The van der Waals surface area contributed by atoms with E-state index in [1.165, 1.54) is 12.1 Å². The van der Waals surface area contributed by atoms with E-state index < -0.39 is 5.97 Å². The van der Waals surface area contributed by atoms with Crippen molar-refractivity contribution in [3.05, 3.63) is 89.5 Å². The number of fused-ring (bicyclic) bond motifs is 1. The van der Waals surface area contributed by atoms with E-state index in [9.17, 15) is 19.5 Å². The molecule has 1 fully saturated rings. The maximum absolute atomic E-state index is 13.7. The number of amides is 2. The van der Waals surface area contributed by atoms with Crippen LogP contribution in [0, 0.1) is 5.92 Å². The number of carbonyl (C=O) groups excluding carboxylic acids is 2. The van der Waals surface area contributed by atoms with Gasteiger partial charge in [-0.05, 0) is 55.5 Å². The monoisotopic (exact) mass is 472 g/mol. The number of carbonyl (C=O) groups is 3. The average Bonchev–Trinajstić information content (AvgIpc) is 3.28. The van der Waals surface area contributed by atoms with Gasteiger partial charge in [-0.1, -0.05) is 24.3 Å². The zero-order valence-electron chi connectivity index (χ0n) is 19.4. The van der Waals surface area contributed by atoms with E-state index in [4.69, 9.17) is 0 Å². The minimum absolute atomic E-state index is 0.0323. The summed E-state index contributed by atoms with van der Waals surface area (Å²) in [6, 6.07) is 15.3. The van der Waals surface area contributed by atoms with Crippen LogP contribution in [0.1, 0.15) is 62.2 Å². The molecule has 1 aromatic heterocycles. The number of piperidine rings is 1. The summed E-state index contributed by atoms with van der Waals surface area (Å²) in [5, 5.41) is 9.39. The predicted molar refractivity (Wildman–Crippen MR) is 129 cm³/mol. The van der Waals surface area contributed by atoms with Crippen molar-refractivity contribution >= 4 is 17.8 Å². The standard InChI is InChI=1S/C27H28N4O4/c32-25(20-6-2-1-3-7-20)30-15-10-19(11-16-30)23-24-28-12-17-29(24)13-5-14-31(23)26(33)21-8-4-9-22(18-21)27(34)35/h1-4,6-9,12,17-19,23H,5,10-11,13-16H2,(H,34,35). The summed E-state index contributed by atoms with van der Waals surface area (Å²) < 4.78 is 2.12. The number of nitrogens with zero attached hydrogens (tertiary/aromatic N) is 4. The van der Waals surface area contributed by atoms with Crippen LogP contribution in [-0.2, 0) is 6.54 Å². The molecule has 0 radical (unpaired) electrons. The van der Waals surface area contributed by atoms with Crippen molar-refractivity contribution in [2.75, 3.05) is 19.6 Å². The SMILES string of the molecule is O=C(O)c1cccc(C(=O)N2CCCn3ccnc3C2C2CCN(C(=O)c3ccccc3)CC2)c1. The van der Waals surface area contributed by atoms with E-state index >= 15 is 0 Å². The maximum atomic E-state index is 13.7. The Hall–Kier alpha value is -3.94. The zero-order valence-corrected chi connectivity index (χ0v) is 19.4. The number of benzene rings is 2. The molecule has 2 aromatic carbocycles. The summed E-state index contributed by atoms with van der Waals surface area (Å²) in [7, 11) is 0. The van der Waals surface area contributed by atoms with Crippen molar-refractivity contribution in [1.82, 2.24) is 19.4 Å². The first-order valence-electron chi connectivity index (χ1n) is 12.0. The number of imidazole rings is 1. The summed E-state index contributed by atoms with van der Waals surface area (Å²) in [5.41, 5.74) is 1.15. The van der Waals surface area contributed by atoms with Gasteiger partial charge in [0.2, 0.25) is 0 Å². The molecule has 1 unspecified atom stereocenters. The van der Waals surface area contributed by atoms with Gasteiger partial charge in [0, 0.05) is 49.7 Å². The first-order valence-corrected chi connectivity index (χ1v) is 12.0. The molecule has 2 amide bonds. The van der Waals surface area contributed by atoms with Gasteiger partial charge in [-0.25, -0.2) is 9.78 Å². The zero-order chi connectivity index (χ0) is 24.4. The molecule has 1 atom stereocenters. The van der Waals surface area contributed by atoms with Gasteiger partial charge in [-0.3, -0.25) is 9.59 Å². The largest absolute Gasteiger partial charge is 0.478 e. The molecule has 3 heterocycles. The molecule has 0 spiro atoms. The molecule has 0 aliphatic carbocycles. The lowest BCUT2D eigenvalue weighted by Gasteiger charge is -2.40. The molecule has 0 bridgehead atoms. The lowest BCUT2D eigenvalue weighted by molar-refractivity contribution is 0.0459. The van der Waals surface area contributed by atoms with Gasteiger partial charge in [-0.2, -0.15) is 0 Å². The van der Waals surface area contributed by atoms with Crippen LogP contribution in [0.5, 0.6) is 0 Å². The molecule has 180 valence electrons. The number of aromatic carboxylic acids is 1. The molecule has 35 heavy (non-hydrogen) atoms. The second-order valence-electron chi connectivity index (χ2n) is 9.16. The van der Waals surface area contributed by atoms with Gasteiger partial charge in [0.25, 0.3) is 11.8 Å². The summed E-state index contributed by atoms with van der Waals surface area (Å²) in [6.45, 7) is 2.57. The lowest BCUT2D eigenvalue weighted by Crippen LogP contribution is -2.45. The molecule has 5 rings (SSSR count). The Morgan fingerprint density at radius 2 is 1.54 bits per heavy atom. The van der Waals surface area contributed by atoms with Crippen LogP contribution in [0.4, 0.5) is 0 Å². The summed E-state index contributed by atoms with van der Waals surface area (Å²) in [5.74, 6) is -0.209. The van der Waals surface area contributed by atoms with Crippen LogP contribution in [0.3, 0.4) is 0 Å². The van der Waals surface area contributed by atoms with Gasteiger partial charge in [0.1, 0.15) is 5.82 Å². The van der Waals surface area contributed by atoms with Crippen molar-refractivity contribution in [2.45, 2.75) is 31.8 Å². The van der Waals surface area contributed by atoms with Crippen LogP contribution in [0.2, 0.25) is 0 Å². The molecule has 8 heteroatoms. The minimum atomic E-state index is -1.06. The van der Waals surface area contributed by atoms with Crippen LogP contribution in [-0.4, -0.2) is 61.9 Å². The molecule has 2 aliphatic heterocycles.